The van der Waals surface area contributed by atoms with Crippen molar-refractivity contribution in [3.63, 3.8) is 0 Å². The zero-order valence-electron chi connectivity index (χ0n) is 9.88. The molecule has 0 aliphatic rings. The minimum atomic E-state index is 0.0143. The highest BCUT2D eigenvalue weighted by atomic mass is 32.2. The maximum Gasteiger partial charge on any atom is 0.132 e. The predicted octanol–water partition coefficient (Wildman–Crippen LogP) is 2.53. The molecule has 0 amide bonds. The van der Waals surface area contributed by atoms with E-state index in [1.807, 2.05) is 24.3 Å². The number of nitrogens with two attached hydrogens (primary N) is 1. The van der Waals surface area contributed by atoms with Crippen molar-refractivity contribution in [3.05, 3.63) is 48.2 Å². The normalized spacial score (nSPS) is 10.1. The number of methoxy groups -OCH3 is 1. The van der Waals surface area contributed by atoms with Crippen LogP contribution in [0.25, 0.3) is 0 Å². The lowest BCUT2D eigenvalue weighted by atomic mass is 10.3. The molecule has 0 aliphatic carbocycles. The number of amidine groups is 1. The Morgan fingerprint density at radius 3 is 2.78 bits per heavy atom. The Morgan fingerprint density at radius 1 is 1.28 bits per heavy atom. The molecule has 1 aromatic carbocycles. The molecule has 0 radical (unpaired) electrons. The zero-order valence-corrected chi connectivity index (χ0v) is 10.7. The molecule has 2 aromatic rings. The van der Waals surface area contributed by atoms with E-state index in [-0.39, 0.29) is 5.84 Å². The maximum absolute atomic E-state index is 7.53. The third-order valence-corrected chi connectivity index (χ3v) is 3.41. The van der Waals surface area contributed by atoms with Crippen LogP contribution < -0.4 is 10.5 Å². The standard InChI is InChI=1S/C13H13N3OS/c1-17-10-6-2-3-7-11(10)18-13-9(12(14)15)5-4-8-16-13/h2-8H,1H3,(H3,14,15). The minimum Gasteiger partial charge on any atom is -0.496 e. The third kappa shape index (κ3) is 2.62. The highest BCUT2D eigenvalue weighted by Crippen LogP contribution is 2.34. The summed E-state index contributed by atoms with van der Waals surface area (Å²) in [7, 11) is 1.63. The number of aromatic nitrogens is 1. The molecular weight excluding hydrogens is 246 g/mol. The highest BCUT2D eigenvalue weighted by Gasteiger charge is 2.10. The molecule has 0 spiro atoms. The maximum atomic E-state index is 7.53. The molecule has 0 saturated heterocycles. The van der Waals surface area contributed by atoms with Crippen LogP contribution in [0.2, 0.25) is 0 Å². The topological polar surface area (TPSA) is 72.0 Å². The summed E-state index contributed by atoms with van der Waals surface area (Å²) in [6, 6.07) is 11.2. The molecule has 92 valence electrons. The van der Waals surface area contributed by atoms with Crippen molar-refractivity contribution in [3.8, 4) is 5.75 Å². The van der Waals surface area contributed by atoms with Crippen molar-refractivity contribution < 1.29 is 4.74 Å². The van der Waals surface area contributed by atoms with Crippen LogP contribution in [0.1, 0.15) is 5.56 Å². The molecule has 18 heavy (non-hydrogen) atoms. The molecule has 0 aliphatic heterocycles. The average molecular weight is 259 g/mol. The fraction of sp³-hybridized carbons (Fsp3) is 0.0769. The Bertz CT molecular complexity index is 572. The highest BCUT2D eigenvalue weighted by molar-refractivity contribution is 7.99. The van der Waals surface area contributed by atoms with Gasteiger partial charge in [0.25, 0.3) is 0 Å². The third-order valence-electron chi connectivity index (χ3n) is 2.34. The Morgan fingerprint density at radius 2 is 2.06 bits per heavy atom. The number of nitrogens with one attached hydrogen (secondary N) is 1. The largest absolute Gasteiger partial charge is 0.496 e. The van der Waals surface area contributed by atoms with Crippen LogP contribution in [0.15, 0.2) is 52.5 Å². The molecule has 4 nitrogen and oxygen atoms in total. The molecule has 5 heteroatoms. The predicted molar refractivity (Wildman–Crippen MR) is 72.4 cm³/mol. The number of nitrogens with zero attached hydrogens (tertiary/aromatic N) is 1. The Kier molecular flexibility index (Phi) is 3.84. The fourth-order valence-corrected chi connectivity index (χ4v) is 2.49. The fourth-order valence-electron chi connectivity index (χ4n) is 1.48. The van der Waals surface area contributed by atoms with Gasteiger partial charge in [-0.15, -0.1) is 0 Å². The number of rotatable bonds is 4. The number of hydrogen-bond acceptors (Lipinski definition) is 4. The number of hydrogen-bond donors (Lipinski definition) is 2. The quantitative estimate of drug-likeness (QED) is 0.653. The van der Waals surface area contributed by atoms with E-state index in [1.54, 1.807) is 25.4 Å². The smallest absolute Gasteiger partial charge is 0.132 e. The Hall–Kier alpha value is -2.01. The van der Waals surface area contributed by atoms with Crippen molar-refractivity contribution in [2.75, 3.05) is 7.11 Å². The summed E-state index contributed by atoms with van der Waals surface area (Å²) in [4.78, 5) is 5.20. The number of benzene rings is 1. The lowest BCUT2D eigenvalue weighted by molar-refractivity contribution is 0.405. The zero-order chi connectivity index (χ0) is 13.0. The molecule has 2 rings (SSSR count). The number of para-hydroxylation sites is 1. The number of nitrogen functional groups attached to an aromatic ring is 1. The monoisotopic (exact) mass is 259 g/mol. The van der Waals surface area contributed by atoms with Gasteiger partial charge in [-0.05, 0) is 24.3 Å². The lowest BCUT2D eigenvalue weighted by Crippen LogP contribution is -2.12. The molecule has 0 unspecified atom stereocenters. The Balaban J connectivity index is 2.37. The summed E-state index contributed by atoms with van der Waals surface area (Å²) in [6.07, 6.45) is 1.68. The molecule has 1 aromatic heterocycles. The SMILES string of the molecule is COc1ccccc1Sc1ncccc1C(=N)N. The van der Waals surface area contributed by atoms with Crippen molar-refractivity contribution in [1.82, 2.24) is 4.98 Å². The summed E-state index contributed by atoms with van der Waals surface area (Å²) in [5, 5.41) is 8.24. The number of pyridine rings is 1. The van der Waals surface area contributed by atoms with E-state index in [4.69, 9.17) is 15.9 Å². The van der Waals surface area contributed by atoms with E-state index in [1.165, 1.54) is 11.8 Å². The summed E-state index contributed by atoms with van der Waals surface area (Å²) in [5.74, 6) is 0.795. The molecule has 0 fully saturated rings. The second-order valence-corrected chi connectivity index (χ2v) is 4.55. The molecular formula is C13H13N3OS. The minimum absolute atomic E-state index is 0.0143. The van der Waals surface area contributed by atoms with E-state index in [9.17, 15) is 0 Å². The molecule has 0 atom stereocenters. The van der Waals surface area contributed by atoms with Crippen LogP contribution >= 0.6 is 11.8 Å². The van der Waals surface area contributed by atoms with E-state index in [0.717, 1.165) is 10.6 Å². The first-order valence-corrected chi connectivity index (χ1v) is 6.14. The average Bonchev–Trinajstić information content (AvgIpc) is 2.40. The first kappa shape index (κ1) is 12.4. The van der Waals surface area contributed by atoms with Gasteiger partial charge in [-0.25, -0.2) is 4.98 Å². The van der Waals surface area contributed by atoms with Gasteiger partial charge in [0.05, 0.1) is 12.0 Å². The van der Waals surface area contributed by atoms with Gasteiger partial charge >= 0.3 is 0 Å². The summed E-state index contributed by atoms with van der Waals surface area (Å²) >= 11 is 1.44. The number of ether oxygens (including phenoxy) is 1. The second-order valence-electron chi connectivity index (χ2n) is 3.52. The van der Waals surface area contributed by atoms with Crippen LogP contribution in [0, 0.1) is 5.41 Å². The van der Waals surface area contributed by atoms with Crippen molar-refractivity contribution >= 4 is 17.6 Å². The van der Waals surface area contributed by atoms with E-state index < -0.39 is 0 Å². The van der Waals surface area contributed by atoms with E-state index in [2.05, 4.69) is 4.98 Å². The molecule has 0 saturated carbocycles. The van der Waals surface area contributed by atoms with Gasteiger partial charge in [0.1, 0.15) is 16.6 Å². The molecule has 0 bridgehead atoms. The van der Waals surface area contributed by atoms with Crippen LogP contribution in [-0.2, 0) is 0 Å². The van der Waals surface area contributed by atoms with Gasteiger partial charge in [-0.2, -0.15) is 0 Å². The summed E-state index contributed by atoms with van der Waals surface area (Å²) in [6.45, 7) is 0. The van der Waals surface area contributed by atoms with Gasteiger partial charge < -0.3 is 10.5 Å². The van der Waals surface area contributed by atoms with Crippen LogP contribution in [0.3, 0.4) is 0 Å². The van der Waals surface area contributed by atoms with E-state index in [0.29, 0.717) is 10.6 Å². The Labute approximate surface area is 110 Å². The molecule has 3 N–H and O–H groups in total. The van der Waals surface area contributed by atoms with Crippen LogP contribution in [0.5, 0.6) is 5.75 Å². The first-order valence-electron chi connectivity index (χ1n) is 5.32. The van der Waals surface area contributed by atoms with Crippen LogP contribution in [-0.4, -0.2) is 17.9 Å². The van der Waals surface area contributed by atoms with Gasteiger partial charge in [0.2, 0.25) is 0 Å². The summed E-state index contributed by atoms with van der Waals surface area (Å²) < 4.78 is 5.28. The van der Waals surface area contributed by atoms with Crippen molar-refractivity contribution in [1.29, 1.82) is 5.41 Å². The van der Waals surface area contributed by atoms with E-state index >= 15 is 0 Å². The van der Waals surface area contributed by atoms with Crippen molar-refractivity contribution in [2.45, 2.75) is 9.92 Å². The van der Waals surface area contributed by atoms with Gasteiger partial charge in [0.15, 0.2) is 0 Å². The first-order chi connectivity index (χ1) is 8.72. The second kappa shape index (κ2) is 5.55. The van der Waals surface area contributed by atoms with Gasteiger partial charge in [-0.1, -0.05) is 23.9 Å². The summed E-state index contributed by atoms with van der Waals surface area (Å²) in [5.41, 5.74) is 6.17. The van der Waals surface area contributed by atoms with Crippen molar-refractivity contribution in [2.24, 2.45) is 5.73 Å². The van der Waals surface area contributed by atoms with Gasteiger partial charge in [-0.3, -0.25) is 5.41 Å². The molecule has 1 heterocycles. The van der Waals surface area contributed by atoms with Gasteiger partial charge in [0, 0.05) is 11.8 Å². The lowest BCUT2D eigenvalue weighted by Gasteiger charge is -2.09. The van der Waals surface area contributed by atoms with Crippen LogP contribution in [0.4, 0.5) is 0 Å².